The summed E-state index contributed by atoms with van der Waals surface area (Å²) in [4.78, 5) is 14.5. The second-order valence-electron chi connectivity index (χ2n) is 8.91. The number of hydrogen-bond donors (Lipinski definition) is 0. The fraction of sp³-hybridized carbons (Fsp3) is 0.0385. The molecule has 0 saturated carbocycles. The molecular formula is C26H19BN6. The fourth-order valence-electron chi connectivity index (χ4n) is 6.19. The molecule has 6 nitrogen and oxygen atoms in total. The van der Waals surface area contributed by atoms with E-state index in [9.17, 15) is 0 Å². The van der Waals surface area contributed by atoms with Crippen LogP contribution in [0.2, 0.25) is 0 Å². The molecule has 8 rings (SSSR count). The second-order valence-corrected chi connectivity index (χ2v) is 8.91. The van der Waals surface area contributed by atoms with Gasteiger partial charge in [-0.2, -0.15) is 0 Å². The van der Waals surface area contributed by atoms with E-state index in [1.54, 1.807) is 0 Å². The van der Waals surface area contributed by atoms with Gasteiger partial charge < -0.3 is 18.6 Å². The number of pyridine rings is 1. The number of para-hydroxylation sites is 2. The first-order valence-electron chi connectivity index (χ1n) is 11.3. The summed E-state index contributed by atoms with van der Waals surface area (Å²) in [6.07, 6.45) is 15.4. The number of nitrogens with zero attached hydrogens (tertiary/aromatic N) is 6. The minimum Gasteiger partial charge on any atom is -0.436 e. The molecule has 4 aliphatic heterocycles. The van der Waals surface area contributed by atoms with Gasteiger partial charge >= 0.3 is 6.69 Å². The van der Waals surface area contributed by atoms with E-state index in [0.717, 1.165) is 18.1 Å². The molecule has 0 spiro atoms. The molecule has 4 aliphatic rings. The number of amidine groups is 1. The zero-order valence-electron chi connectivity index (χ0n) is 17.8. The number of allylic oxidation sites excluding steroid dienone is 2. The van der Waals surface area contributed by atoms with Crippen LogP contribution >= 0.6 is 0 Å². The molecule has 0 N–H and O–H groups in total. The van der Waals surface area contributed by atoms with Crippen molar-refractivity contribution in [1.82, 2.24) is 14.3 Å². The Kier molecular flexibility index (Phi) is 3.07. The van der Waals surface area contributed by atoms with Crippen molar-refractivity contribution in [1.29, 1.82) is 0 Å². The van der Waals surface area contributed by atoms with Gasteiger partial charge in [-0.05, 0) is 40.5 Å². The van der Waals surface area contributed by atoms with Gasteiger partial charge in [0.25, 0.3) is 5.82 Å². The van der Waals surface area contributed by atoms with Crippen molar-refractivity contribution in [3.63, 3.8) is 0 Å². The third kappa shape index (κ3) is 1.94. The Morgan fingerprint density at radius 3 is 2.76 bits per heavy atom. The molecular weight excluding hydrogens is 407 g/mol. The third-order valence-corrected chi connectivity index (χ3v) is 7.36. The molecule has 2 aromatic carbocycles. The number of anilines is 2. The van der Waals surface area contributed by atoms with Gasteiger partial charge in [0.05, 0.1) is 6.33 Å². The van der Waals surface area contributed by atoms with Gasteiger partial charge in [0, 0.05) is 53.6 Å². The summed E-state index contributed by atoms with van der Waals surface area (Å²) in [5, 5.41) is 0. The lowest BCUT2D eigenvalue weighted by Crippen LogP contribution is -2.88. The van der Waals surface area contributed by atoms with E-state index in [2.05, 4.69) is 115 Å². The highest BCUT2D eigenvalue weighted by molar-refractivity contribution is 6.78. The largest absolute Gasteiger partial charge is 0.508 e. The van der Waals surface area contributed by atoms with E-state index in [-0.39, 0.29) is 0 Å². The molecule has 0 aliphatic carbocycles. The molecule has 156 valence electrons. The average Bonchev–Trinajstić information content (AvgIpc) is 3.41. The third-order valence-electron chi connectivity index (χ3n) is 7.36. The van der Waals surface area contributed by atoms with Crippen molar-refractivity contribution in [2.24, 2.45) is 4.99 Å². The van der Waals surface area contributed by atoms with E-state index in [1.807, 2.05) is 12.5 Å². The lowest BCUT2D eigenvalue weighted by atomic mass is 9.60. The van der Waals surface area contributed by atoms with Gasteiger partial charge in [-0.1, -0.05) is 48.5 Å². The summed E-state index contributed by atoms with van der Waals surface area (Å²) >= 11 is 0. The molecule has 33 heavy (non-hydrogen) atoms. The predicted octanol–water partition coefficient (Wildman–Crippen LogP) is 4.02. The van der Waals surface area contributed by atoms with Crippen LogP contribution in [-0.4, -0.2) is 26.8 Å². The number of aliphatic imine (C=N–C) groups is 1. The first-order chi connectivity index (χ1) is 16.4. The zero-order chi connectivity index (χ0) is 21.6. The van der Waals surface area contributed by atoms with E-state index in [4.69, 9.17) is 4.99 Å². The molecule has 0 fully saturated rings. The highest BCUT2D eigenvalue weighted by Crippen LogP contribution is 2.52. The summed E-state index contributed by atoms with van der Waals surface area (Å²) in [5.41, 5.74) is 7.56. The second kappa shape index (κ2) is 5.89. The Bertz CT molecular complexity index is 1570. The molecule has 2 aromatic heterocycles. The van der Waals surface area contributed by atoms with Crippen molar-refractivity contribution >= 4 is 35.4 Å². The number of aromatic nitrogens is 3. The zero-order valence-corrected chi connectivity index (χ0v) is 17.8. The summed E-state index contributed by atoms with van der Waals surface area (Å²) in [5.74, 6) is 1.86. The Balaban J connectivity index is 1.62. The van der Waals surface area contributed by atoms with Crippen LogP contribution in [0.3, 0.4) is 0 Å². The quantitative estimate of drug-likeness (QED) is 0.432. The van der Waals surface area contributed by atoms with E-state index in [0.29, 0.717) is 0 Å². The average molecular weight is 426 g/mol. The van der Waals surface area contributed by atoms with Gasteiger partial charge in [0.1, 0.15) is 0 Å². The van der Waals surface area contributed by atoms with E-state index in [1.165, 1.54) is 33.8 Å². The lowest BCUT2D eigenvalue weighted by molar-refractivity contribution is -0.544. The van der Waals surface area contributed by atoms with Crippen LogP contribution in [0, 0.1) is 0 Å². The van der Waals surface area contributed by atoms with Crippen LogP contribution in [0.5, 0.6) is 0 Å². The SMILES string of the molecule is C1=CC2=Nc3cccc[n+]3[B-]3(n4ccnc4)N2C(=C1)c1cccc2c1N3c1ccccc1C2. The van der Waals surface area contributed by atoms with Gasteiger partial charge in [0.2, 0.25) is 5.84 Å². The minimum absolute atomic E-state index is 0.919. The minimum atomic E-state index is -1.77. The van der Waals surface area contributed by atoms with Crippen LogP contribution in [0.15, 0.2) is 109 Å². The molecule has 1 unspecified atom stereocenters. The molecule has 0 bridgehead atoms. The first-order valence-corrected chi connectivity index (χ1v) is 11.3. The molecule has 0 saturated heterocycles. The monoisotopic (exact) mass is 426 g/mol. The normalized spacial score (nSPS) is 20.8. The Labute approximate surface area is 191 Å². The van der Waals surface area contributed by atoms with E-state index < -0.39 is 6.69 Å². The maximum atomic E-state index is 5.08. The molecule has 1 atom stereocenters. The Morgan fingerprint density at radius 1 is 0.909 bits per heavy atom. The van der Waals surface area contributed by atoms with Crippen molar-refractivity contribution in [2.45, 2.75) is 6.42 Å². The molecule has 0 amide bonds. The Morgan fingerprint density at radius 2 is 1.82 bits per heavy atom. The predicted molar refractivity (Wildman–Crippen MR) is 129 cm³/mol. The number of imidazole rings is 1. The summed E-state index contributed by atoms with van der Waals surface area (Å²) in [7, 11) is 0. The van der Waals surface area contributed by atoms with Crippen LogP contribution in [0.1, 0.15) is 16.7 Å². The van der Waals surface area contributed by atoms with Crippen molar-refractivity contribution in [3.05, 3.63) is 120 Å². The number of fused-ring (bicyclic) bond motifs is 6. The van der Waals surface area contributed by atoms with Crippen molar-refractivity contribution in [3.8, 4) is 0 Å². The van der Waals surface area contributed by atoms with Gasteiger partial charge in [-0.15, -0.1) is 0 Å². The standard InChI is InChI=1S/C26H19BN6/c1-2-10-22-19(7-1)17-20-8-5-9-21-23-11-6-13-25-29-24-12-3-4-15-31(24)27(32(23)25,33(22)26(20)21)30-16-14-28-18-30/h1-16,18H,17H2. The number of hydrogen-bond acceptors (Lipinski definition) is 4. The molecule has 4 aromatic rings. The highest BCUT2D eigenvalue weighted by atomic mass is 15.5. The van der Waals surface area contributed by atoms with Crippen molar-refractivity contribution in [2.75, 3.05) is 4.81 Å². The maximum absolute atomic E-state index is 5.08. The number of benzene rings is 2. The van der Waals surface area contributed by atoms with Gasteiger partial charge in [0.15, 0.2) is 0 Å². The van der Waals surface area contributed by atoms with Crippen LogP contribution in [-0.2, 0) is 6.42 Å². The molecule has 0 radical (unpaired) electrons. The summed E-state index contributed by atoms with van der Waals surface area (Å²) in [6.45, 7) is -1.77. The maximum Gasteiger partial charge on any atom is 0.508 e. The van der Waals surface area contributed by atoms with Crippen LogP contribution in [0.4, 0.5) is 17.2 Å². The van der Waals surface area contributed by atoms with Crippen LogP contribution in [0.25, 0.3) is 5.70 Å². The molecule has 6 heterocycles. The van der Waals surface area contributed by atoms with Crippen molar-refractivity contribution < 1.29 is 4.48 Å². The van der Waals surface area contributed by atoms with E-state index >= 15 is 0 Å². The lowest BCUT2D eigenvalue weighted by Gasteiger charge is -2.62. The highest BCUT2D eigenvalue weighted by Gasteiger charge is 2.59. The topological polar surface area (TPSA) is 40.5 Å². The number of rotatable bonds is 1. The first kappa shape index (κ1) is 17.2. The summed E-state index contributed by atoms with van der Waals surface area (Å²) < 4.78 is 4.58. The molecule has 7 heteroatoms. The van der Waals surface area contributed by atoms with Gasteiger partial charge in [-0.25, -0.2) is 4.98 Å². The smallest absolute Gasteiger partial charge is 0.436 e. The van der Waals surface area contributed by atoms with Gasteiger partial charge in [-0.3, -0.25) is 0 Å². The fourth-order valence-corrected chi connectivity index (χ4v) is 6.19. The Hall–Kier alpha value is -4.39. The van der Waals surface area contributed by atoms with Crippen LogP contribution < -0.4 is 9.29 Å². The summed E-state index contributed by atoms with van der Waals surface area (Å²) in [6, 6.07) is 21.7.